The van der Waals surface area contributed by atoms with E-state index < -0.39 is 36.1 Å². The van der Waals surface area contributed by atoms with Crippen LogP contribution in [0.4, 0.5) is 4.39 Å². The Bertz CT molecular complexity index is 1040. The lowest BCUT2D eigenvalue weighted by molar-refractivity contribution is -0.129. The first-order valence-electron chi connectivity index (χ1n) is 9.50. The number of hydrazine groups is 1. The lowest BCUT2D eigenvalue weighted by Crippen LogP contribution is -2.48. The van der Waals surface area contributed by atoms with Crippen LogP contribution in [0, 0.1) is 5.82 Å². The van der Waals surface area contributed by atoms with Gasteiger partial charge < -0.3 is 10.2 Å². The van der Waals surface area contributed by atoms with Gasteiger partial charge in [0.05, 0.1) is 12.1 Å². The fourth-order valence-corrected chi connectivity index (χ4v) is 3.48. The van der Waals surface area contributed by atoms with Gasteiger partial charge in [0.15, 0.2) is 0 Å². The largest absolute Gasteiger partial charge is 0.345 e. The van der Waals surface area contributed by atoms with Gasteiger partial charge in [0.2, 0.25) is 5.91 Å². The summed E-state index contributed by atoms with van der Waals surface area (Å²) in [6.07, 6.45) is 1.68. The van der Waals surface area contributed by atoms with Crippen molar-refractivity contribution in [2.75, 3.05) is 6.54 Å². The Morgan fingerprint density at radius 3 is 2.43 bits per heavy atom. The number of nitrogens with one attached hydrogen (secondary N) is 3. The fraction of sp³-hybridized carbons (Fsp3) is 0.238. The number of rotatable bonds is 5. The van der Waals surface area contributed by atoms with Crippen molar-refractivity contribution in [2.24, 2.45) is 0 Å². The molecular formula is C21H19FN4O4. The summed E-state index contributed by atoms with van der Waals surface area (Å²) in [5.74, 6) is -2.89. The van der Waals surface area contributed by atoms with Crippen LogP contribution in [0.1, 0.15) is 45.2 Å². The molecule has 0 radical (unpaired) electrons. The highest BCUT2D eigenvalue weighted by Gasteiger charge is 2.47. The van der Waals surface area contributed by atoms with Gasteiger partial charge in [0.1, 0.15) is 11.9 Å². The predicted octanol–water partition coefficient (Wildman–Crippen LogP) is 1.06. The molecule has 0 bridgehead atoms. The predicted molar refractivity (Wildman–Crippen MR) is 103 cm³/mol. The number of carbonyl (C=O) groups excluding carboxylic acids is 4. The molecule has 1 heterocycles. The number of amides is 4. The minimum atomic E-state index is -0.817. The van der Waals surface area contributed by atoms with E-state index >= 15 is 0 Å². The van der Waals surface area contributed by atoms with Crippen molar-refractivity contribution in [3.8, 4) is 0 Å². The molecule has 0 saturated heterocycles. The standard InChI is InChI=1S/C21H19FN4O4/c22-16-8-4-3-7-15(16)19(28)25-24-17(27)11-23-20(29)18-13-5-1-2-6-14(13)21(30)26(18)12-9-10-12/h1-8,12,18H,9-11H2,(H,23,29)(H,24,27)(H,25,28). The molecule has 9 heteroatoms. The number of fused-ring (bicyclic) bond motifs is 1. The number of hydrogen-bond donors (Lipinski definition) is 3. The zero-order valence-corrected chi connectivity index (χ0v) is 15.9. The monoisotopic (exact) mass is 410 g/mol. The van der Waals surface area contributed by atoms with E-state index in [1.807, 2.05) is 0 Å². The average Bonchev–Trinajstić information content (AvgIpc) is 3.54. The zero-order chi connectivity index (χ0) is 21.3. The van der Waals surface area contributed by atoms with Crippen LogP contribution < -0.4 is 16.2 Å². The highest BCUT2D eigenvalue weighted by molar-refractivity contribution is 6.05. The Kier molecular flexibility index (Phi) is 5.18. The first-order valence-corrected chi connectivity index (χ1v) is 9.50. The molecule has 30 heavy (non-hydrogen) atoms. The van der Waals surface area contributed by atoms with E-state index in [4.69, 9.17) is 0 Å². The Hall–Kier alpha value is -3.75. The number of halogens is 1. The minimum Gasteiger partial charge on any atom is -0.345 e. The third-order valence-electron chi connectivity index (χ3n) is 5.04. The third-order valence-corrected chi connectivity index (χ3v) is 5.04. The van der Waals surface area contributed by atoms with E-state index in [9.17, 15) is 23.6 Å². The van der Waals surface area contributed by atoms with Gasteiger partial charge in [-0.1, -0.05) is 30.3 Å². The zero-order valence-electron chi connectivity index (χ0n) is 15.9. The number of carbonyl (C=O) groups is 4. The van der Waals surface area contributed by atoms with Crippen molar-refractivity contribution in [3.63, 3.8) is 0 Å². The molecule has 0 spiro atoms. The molecule has 1 unspecified atom stereocenters. The molecule has 0 aromatic heterocycles. The van der Waals surface area contributed by atoms with E-state index in [0.717, 1.165) is 18.9 Å². The van der Waals surface area contributed by atoms with Crippen molar-refractivity contribution in [3.05, 3.63) is 71.0 Å². The van der Waals surface area contributed by atoms with Crippen molar-refractivity contribution in [1.82, 2.24) is 21.1 Å². The van der Waals surface area contributed by atoms with E-state index in [2.05, 4.69) is 16.2 Å². The maximum Gasteiger partial charge on any atom is 0.272 e. The molecule has 4 rings (SSSR count). The first-order chi connectivity index (χ1) is 14.5. The summed E-state index contributed by atoms with van der Waals surface area (Å²) in [7, 11) is 0. The van der Waals surface area contributed by atoms with Gasteiger partial charge >= 0.3 is 0 Å². The number of nitrogens with zero attached hydrogens (tertiary/aromatic N) is 1. The van der Waals surface area contributed by atoms with Crippen LogP contribution in [0.5, 0.6) is 0 Å². The molecule has 1 saturated carbocycles. The summed E-state index contributed by atoms with van der Waals surface area (Å²) in [5.41, 5.74) is 5.11. The SMILES string of the molecule is O=C(CNC(=O)C1c2ccccc2C(=O)N1C1CC1)NNC(=O)c1ccccc1F. The van der Waals surface area contributed by atoms with Gasteiger partial charge in [0, 0.05) is 11.6 Å². The van der Waals surface area contributed by atoms with Gasteiger partial charge in [-0.15, -0.1) is 0 Å². The second-order valence-corrected chi connectivity index (χ2v) is 7.13. The molecule has 1 fully saturated rings. The van der Waals surface area contributed by atoms with Crippen LogP contribution in [0.25, 0.3) is 0 Å². The molecule has 1 aliphatic heterocycles. The first kappa shape index (κ1) is 19.6. The molecule has 2 aromatic rings. The van der Waals surface area contributed by atoms with Crippen molar-refractivity contribution < 1.29 is 23.6 Å². The molecule has 4 amide bonds. The van der Waals surface area contributed by atoms with Crippen molar-refractivity contribution in [2.45, 2.75) is 24.9 Å². The van der Waals surface area contributed by atoms with E-state index in [0.29, 0.717) is 11.1 Å². The number of hydrogen-bond acceptors (Lipinski definition) is 4. The molecule has 3 N–H and O–H groups in total. The van der Waals surface area contributed by atoms with Crippen molar-refractivity contribution in [1.29, 1.82) is 0 Å². The van der Waals surface area contributed by atoms with Crippen LogP contribution in [0.3, 0.4) is 0 Å². The summed E-state index contributed by atoms with van der Waals surface area (Å²) in [4.78, 5) is 50.9. The maximum absolute atomic E-state index is 13.6. The lowest BCUT2D eigenvalue weighted by Gasteiger charge is -2.24. The van der Waals surface area contributed by atoms with Crippen LogP contribution in [-0.4, -0.2) is 41.1 Å². The summed E-state index contributed by atoms with van der Waals surface area (Å²) in [6.45, 7) is -0.415. The average molecular weight is 410 g/mol. The second-order valence-electron chi connectivity index (χ2n) is 7.13. The summed E-state index contributed by atoms with van der Waals surface area (Å²) in [5, 5.41) is 2.50. The van der Waals surface area contributed by atoms with E-state index in [-0.39, 0.29) is 17.5 Å². The topological polar surface area (TPSA) is 108 Å². The Labute approximate surface area is 171 Å². The molecular weight excluding hydrogens is 391 g/mol. The second kappa shape index (κ2) is 7.94. The molecule has 2 aliphatic rings. The van der Waals surface area contributed by atoms with Crippen molar-refractivity contribution >= 4 is 23.6 Å². The third kappa shape index (κ3) is 3.73. The van der Waals surface area contributed by atoms with Crippen LogP contribution >= 0.6 is 0 Å². The van der Waals surface area contributed by atoms with Gasteiger partial charge in [-0.25, -0.2) is 4.39 Å². The lowest BCUT2D eigenvalue weighted by atomic mass is 10.0. The van der Waals surface area contributed by atoms with Gasteiger partial charge in [-0.2, -0.15) is 0 Å². The van der Waals surface area contributed by atoms with E-state index in [1.54, 1.807) is 29.2 Å². The quantitative estimate of drug-likeness (QED) is 0.641. The van der Waals surface area contributed by atoms with Crippen LogP contribution in [0.15, 0.2) is 48.5 Å². The van der Waals surface area contributed by atoms with E-state index in [1.165, 1.54) is 18.2 Å². The molecule has 1 aliphatic carbocycles. The number of benzene rings is 2. The maximum atomic E-state index is 13.6. The molecule has 2 aromatic carbocycles. The molecule has 154 valence electrons. The Morgan fingerprint density at radius 1 is 1.00 bits per heavy atom. The smallest absolute Gasteiger partial charge is 0.272 e. The highest BCUT2D eigenvalue weighted by atomic mass is 19.1. The Balaban J connectivity index is 1.35. The molecule has 1 atom stereocenters. The van der Waals surface area contributed by atoms with Gasteiger partial charge in [-0.05, 0) is 36.6 Å². The van der Waals surface area contributed by atoms with Gasteiger partial charge in [-0.3, -0.25) is 30.0 Å². The molecule has 8 nitrogen and oxygen atoms in total. The fourth-order valence-electron chi connectivity index (χ4n) is 3.48. The summed E-state index contributed by atoms with van der Waals surface area (Å²) >= 11 is 0. The Morgan fingerprint density at radius 2 is 1.70 bits per heavy atom. The minimum absolute atomic E-state index is 0.0227. The summed E-state index contributed by atoms with van der Waals surface area (Å²) in [6, 6.07) is 11.5. The highest BCUT2D eigenvalue weighted by Crippen LogP contribution is 2.41. The van der Waals surface area contributed by atoms with Gasteiger partial charge in [0.25, 0.3) is 17.7 Å². The van der Waals surface area contributed by atoms with Crippen LogP contribution in [0.2, 0.25) is 0 Å². The van der Waals surface area contributed by atoms with Crippen LogP contribution in [-0.2, 0) is 9.59 Å². The normalized spacial score (nSPS) is 17.3. The summed E-state index contributed by atoms with van der Waals surface area (Å²) < 4.78 is 13.6.